The van der Waals surface area contributed by atoms with Crippen LogP contribution < -0.4 is 0 Å². The molecule has 0 amide bonds. The molecule has 1 aliphatic carbocycles. The lowest BCUT2D eigenvalue weighted by atomic mass is 10.1. The molecule has 140 valence electrons. The zero-order valence-electron chi connectivity index (χ0n) is 15.6. The monoisotopic (exact) mass is 411 g/mol. The van der Waals surface area contributed by atoms with Gasteiger partial charge in [-0.3, -0.25) is 4.98 Å². The van der Waals surface area contributed by atoms with Crippen LogP contribution in [0.1, 0.15) is 16.9 Å². The maximum atomic E-state index is 5.01. The van der Waals surface area contributed by atoms with Crippen molar-refractivity contribution in [1.29, 1.82) is 0 Å². The molecule has 3 heterocycles. The summed E-state index contributed by atoms with van der Waals surface area (Å²) < 4.78 is 0. The standard InChI is InChI=1S/C24H17N3S2/c1-2-6-16-13-18(11-10-15(16)5-1)28-23-21-19-8-3-9-20(19)29-24(21)27-22(26-23)17-7-4-12-25-14-17/h1-2,4-7,10-14H,3,8-9H2. The second kappa shape index (κ2) is 6.94. The van der Waals surface area contributed by atoms with Gasteiger partial charge in [-0.05, 0) is 59.9 Å². The summed E-state index contributed by atoms with van der Waals surface area (Å²) in [5, 5.41) is 4.83. The van der Waals surface area contributed by atoms with Gasteiger partial charge in [0, 0.05) is 33.1 Å². The number of hydrogen-bond donors (Lipinski definition) is 0. The Morgan fingerprint density at radius 2 is 1.83 bits per heavy atom. The molecular weight excluding hydrogens is 394 g/mol. The number of aromatic nitrogens is 3. The number of hydrogen-bond acceptors (Lipinski definition) is 5. The van der Waals surface area contributed by atoms with Crippen molar-refractivity contribution in [3.8, 4) is 11.4 Å². The maximum Gasteiger partial charge on any atom is 0.163 e. The van der Waals surface area contributed by atoms with Crippen LogP contribution >= 0.6 is 23.1 Å². The molecule has 5 aromatic rings. The topological polar surface area (TPSA) is 38.7 Å². The predicted molar refractivity (Wildman–Crippen MR) is 121 cm³/mol. The van der Waals surface area contributed by atoms with E-state index in [2.05, 4.69) is 47.4 Å². The molecule has 0 radical (unpaired) electrons. The summed E-state index contributed by atoms with van der Waals surface area (Å²) in [6.07, 6.45) is 7.16. The second-order valence-electron chi connectivity index (χ2n) is 7.24. The fourth-order valence-electron chi connectivity index (χ4n) is 4.00. The molecule has 0 saturated carbocycles. The van der Waals surface area contributed by atoms with Crippen LogP contribution in [0.25, 0.3) is 32.4 Å². The molecule has 0 saturated heterocycles. The predicted octanol–water partition coefficient (Wildman–Crippen LogP) is 6.55. The molecule has 0 spiro atoms. The third-order valence-corrected chi connectivity index (χ3v) is 7.55. The number of pyridine rings is 1. The van der Waals surface area contributed by atoms with Gasteiger partial charge < -0.3 is 0 Å². The number of aryl methyl sites for hydroxylation is 2. The minimum atomic E-state index is 0.758. The van der Waals surface area contributed by atoms with Crippen molar-refractivity contribution < 1.29 is 0 Å². The van der Waals surface area contributed by atoms with Gasteiger partial charge in [0.15, 0.2) is 5.82 Å². The smallest absolute Gasteiger partial charge is 0.163 e. The van der Waals surface area contributed by atoms with Crippen molar-refractivity contribution in [3.63, 3.8) is 0 Å². The second-order valence-corrected chi connectivity index (χ2v) is 9.39. The first-order chi connectivity index (χ1) is 14.3. The zero-order chi connectivity index (χ0) is 19.2. The first kappa shape index (κ1) is 17.1. The Kier molecular flexibility index (Phi) is 4.10. The lowest BCUT2D eigenvalue weighted by molar-refractivity contribution is 0.915. The van der Waals surface area contributed by atoms with Crippen LogP contribution in [0.5, 0.6) is 0 Å². The number of thiophene rings is 1. The summed E-state index contributed by atoms with van der Waals surface area (Å²) >= 11 is 3.58. The van der Waals surface area contributed by atoms with E-state index in [0.717, 1.165) is 27.7 Å². The van der Waals surface area contributed by atoms with Crippen molar-refractivity contribution in [2.24, 2.45) is 0 Å². The Morgan fingerprint density at radius 1 is 0.897 bits per heavy atom. The third kappa shape index (κ3) is 3.02. The molecule has 3 aromatic heterocycles. The van der Waals surface area contributed by atoms with E-state index in [1.54, 1.807) is 18.0 Å². The summed E-state index contributed by atoms with van der Waals surface area (Å²) in [7, 11) is 0. The van der Waals surface area contributed by atoms with Gasteiger partial charge in [0.2, 0.25) is 0 Å². The average Bonchev–Trinajstić information content (AvgIpc) is 3.35. The van der Waals surface area contributed by atoms with Crippen molar-refractivity contribution in [2.45, 2.75) is 29.2 Å². The fraction of sp³-hybridized carbons (Fsp3) is 0.125. The summed E-state index contributed by atoms with van der Waals surface area (Å²) in [5.74, 6) is 0.758. The lowest BCUT2D eigenvalue weighted by Gasteiger charge is -2.08. The van der Waals surface area contributed by atoms with Crippen LogP contribution in [-0.4, -0.2) is 15.0 Å². The van der Waals surface area contributed by atoms with E-state index in [0.29, 0.717) is 0 Å². The number of benzene rings is 2. The van der Waals surface area contributed by atoms with Gasteiger partial charge in [0.25, 0.3) is 0 Å². The van der Waals surface area contributed by atoms with Gasteiger partial charge in [-0.15, -0.1) is 11.3 Å². The summed E-state index contributed by atoms with van der Waals surface area (Å²) in [5.41, 5.74) is 2.43. The highest BCUT2D eigenvalue weighted by molar-refractivity contribution is 7.99. The van der Waals surface area contributed by atoms with Crippen molar-refractivity contribution >= 4 is 44.1 Å². The van der Waals surface area contributed by atoms with Gasteiger partial charge in [-0.2, -0.15) is 0 Å². The van der Waals surface area contributed by atoms with Crippen molar-refractivity contribution in [1.82, 2.24) is 15.0 Å². The van der Waals surface area contributed by atoms with Gasteiger partial charge >= 0.3 is 0 Å². The quantitative estimate of drug-likeness (QED) is 0.316. The Hall–Kier alpha value is -2.76. The molecule has 6 rings (SSSR count). The Labute approximate surface area is 176 Å². The molecular formula is C24H17N3S2. The molecule has 0 bridgehead atoms. The van der Waals surface area contributed by atoms with Crippen LogP contribution in [0.3, 0.4) is 0 Å². The first-order valence-electron chi connectivity index (χ1n) is 9.74. The van der Waals surface area contributed by atoms with Crippen molar-refractivity contribution in [2.75, 3.05) is 0 Å². The Balaban J connectivity index is 1.53. The van der Waals surface area contributed by atoms with E-state index < -0.39 is 0 Å². The van der Waals surface area contributed by atoms with E-state index in [4.69, 9.17) is 9.97 Å². The maximum absolute atomic E-state index is 5.01. The molecule has 29 heavy (non-hydrogen) atoms. The summed E-state index contributed by atoms with van der Waals surface area (Å²) in [6, 6.07) is 19.1. The Morgan fingerprint density at radius 3 is 2.72 bits per heavy atom. The molecule has 0 unspecified atom stereocenters. The molecule has 0 fully saturated rings. The minimum absolute atomic E-state index is 0.758. The minimum Gasteiger partial charge on any atom is -0.264 e. The van der Waals surface area contributed by atoms with E-state index in [-0.39, 0.29) is 0 Å². The number of fused-ring (bicyclic) bond motifs is 4. The van der Waals surface area contributed by atoms with Gasteiger partial charge in [0.05, 0.1) is 0 Å². The van der Waals surface area contributed by atoms with Crippen LogP contribution in [-0.2, 0) is 12.8 Å². The molecule has 1 aliphatic rings. The van der Waals surface area contributed by atoms with Gasteiger partial charge in [0.1, 0.15) is 9.86 Å². The van der Waals surface area contributed by atoms with E-state index in [9.17, 15) is 0 Å². The number of nitrogens with zero attached hydrogens (tertiary/aromatic N) is 3. The van der Waals surface area contributed by atoms with Crippen LogP contribution in [0.15, 0.2) is 76.9 Å². The van der Waals surface area contributed by atoms with Crippen LogP contribution in [0, 0.1) is 0 Å². The average molecular weight is 412 g/mol. The van der Waals surface area contributed by atoms with E-state index in [1.165, 1.54) is 44.3 Å². The molecule has 0 atom stereocenters. The number of rotatable bonds is 3. The fourth-order valence-corrected chi connectivity index (χ4v) is 6.33. The summed E-state index contributed by atoms with van der Waals surface area (Å²) in [4.78, 5) is 18.0. The molecule has 2 aromatic carbocycles. The molecule has 0 aliphatic heterocycles. The van der Waals surface area contributed by atoms with Crippen LogP contribution in [0.4, 0.5) is 0 Å². The molecule has 0 N–H and O–H groups in total. The normalized spacial score (nSPS) is 13.2. The van der Waals surface area contributed by atoms with E-state index in [1.807, 2.05) is 29.7 Å². The van der Waals surface area contributed by atoms with Crippen LogP contribution in [0.2, 0.25) is 0 Å². The highest BCUT2D eigenvalue weighted by atomic mass is 32.2. The highest BCUT2D eigenvalue weighted by Crippen LogP contribution is 2.43. The van der Waals surface area contributed by atoms with E-state index >= 15 is 0 Å². The zero-order valence-corrected chi connectivity index (χ0v) is 17.3. The molecule has 3 nitrogen and oxygen atoms in total. The third-order valence-electron chi connectivity index (χ3n) is 5.39. The largest absolute Gasteiger partial charge is 0.264 e. The van der Waals surface area contributed by atoms with Gasteiger partial charge in [-0.25, -0.2) is 9.97 Å². The summed E-state index contributed by atoms with van der Waals surface area (Å²) in [6.45, 7) is 0. The first-order valence-corrected chi connectivity index (χ1v) is 11.4. The highest BCUT2D eigenvalue weighted by Gasteiger charge is 2.23. The van der Waals surface area contributed by atoms with Gasteiger partial charge in [-0.1, -0.05) is 42.1 Å². The lowest BCUT2D eigenvalue weighted by Crippen LogP contribution is -1.94. The Bertz CT molecular complexity index is 1360. The molecule has 5 heteroatoms. The SMILES string of the molecule is c1cncc(-c2nc(Sc3ccc4ccccc4c3)c3c4c(sc3n2)CCC4)c1. The van der Waals surface area contributed by atoms with Crippen molar-refractivity contribution in [3.05, 3.63) is 77.4 Å².